The maximum atomic E-state index is 12.9. The van der Waals surface area contributed by atoms with Crippen molar-refractivity contribution in [2.24, 2.45) is 11.8 Å². The lowest BCUT2D eigenvalue weighted by Gasteiger charge is -2.41. The summed E-state index contributed by atoms with van der Waals surface area (Å²) in [6, 6.07) is 17.7. The molecule has 1 saturated heterocycles. The molecule has 0 aromatic heterocycles. The highest BCUT2D eigenvalue weighted by Crippen LogP contribution is 2.36. The van der Waals surface area contributed by atoms with Gasteiger partial charge in [-0.1, -0.05) is 49.3 Å². The van der Waals surface area contributed by atoms with E-state index in [1.807, 2.05) is 54.6 Å². The fourth-order valence-corrected chi connectivity index (χ4v) is 4.33. The van der Waals surface area contributed by atoms with E-state index in [4.69, 9.17) is 0 Å². The monoisotopic (exact) mass is 343 g/mol. The van der Waals surface area contributed by atoms with Gasteiger partial charge in [-0.3, -0.25) is 4.79 Å². The van der Waals surface area contributed by atoms with E-state index in [1.54, 1.807) is 0 Å². The number of amides is 1. The van der Waals surface area contributed by atoms with E-state index in [1.165, 1.54) is 32.1 Å². The molecule has 132 valence electrons. The smallest absolute Gasteiger partial charge is 0.253 e. The molecule has 4 rings (SSSR count). The van der Waals surface area contributed by atoms with Gasteiger partial charge in [0.1, 0.15) is 0 Å². The van der Waals surface area contributed by atoms with Gasteiger partial charge in [-0.25, -0.2) is 0 Å². The molecule has 2 atom stereocenters. The van der Waals surface area contributed by atoms with Crippen LogP contribution in [-0.2, 0) is 0 Å². The van der Waals surface area contributed by atoms with Crippen LogP contribution in [-0.4, -0.2) is 23.9 Å². The highest BCUT2D eigenvalue weighted by Gasteiger charge is 2.33. The molecule has 2 unspecified atom stereocenters. The van der Waals surface area contributed by atoms with Crippen molar-refractivity contribution >= 4 is 5.91 Å². The largest absolute Gasteiger partial charge is 0.338 e. The number of carbonyl (C=O) groups excluding carboxylic acids is 1. The lowest BCUT2D eigenvalue weighted by molar-refractivity contribution is 0.0521. The molecule has 1 amide bonds. The predicted molar refractivity (Wildman–Crippen MR) is 105 cm³/mol. The summed E-state index contributed by atoms with van der Waals surface area (Å²) in [6.07, 6.45) is 6.54. The SMILES string of the molecule is O=C(c1ccc(C#Cc2ccccc2)cc1)N1CCC2CCCCC2C1. The topological polar surface area (TPSA) is 20.3 Å². The van der Waals surface area contributed by atoms with Gasteiger partial charge >= 0.3 is 0 Å². The fourth-order valence-electron chi connectivity index (χ4n) is 4.33. The molecule has 1 aliphatic carbocycles. The first kappa shape index (κ1) is 16.9. The molecule has 0 bridgehead atoms. The van der Waals surface area contributed by atoms with Gasteiger partial charge in [0.2, 0.25) is 0 Å². The van der Waals surface area contributed by atoms with Crippen LogP contribution in [0.4, 0.5) is 0 Å². The van der Waals surface area contributed by atoms with E-state index in [-0.39, 0.29) is 5.91 Å². The molecule has 0 N–H and O–H groups in total. The van der Waals surface area contributed by atoms with Gasteiger partial charge < -0.3 is 4.90 Å². The summed E-state index contributed by atoms with van der Waals surface area (Å²) in [5.41, 5.74) is 2.73. The zero-order valence-electron chi connectivity index (χ0n) is 15.2. The number of carbonyl (C=O) groups is 1. The summed E-state index contributed by atoms with van der Waals surface area (Å²) in [4.78, 5) is 14.9. The number of hydrogen-bond donors (Lipinski definition) is 0. The Labute approximate surface area is 156 Å². The molecule has 1 aliphatic heterocycles. The standard InChI is InChI=1S/C24H25NO/c26-24(25-17-16-21-8-4-5-9-23(21)18-25)22-14-12-20(13-15-22)11-10-19-6-2-1-3-7-19/h1-3,6-7,12-15,21,23H,4-5,8-9,16-18H2. The molecule has 2 aliphatic rings. The molecule has 2 fully saturated rings. The van der Waals surface area contributed by atoms with E-state index < -0.39 is 0 Å². The summed E-state index contributed by atoms with van der Waals surface area (Å²) in [6.45, 7) is 1.86. The van der Waals surface area contributed by atoms with Crippen molar-refractivity contribution in [3.63, 3.8) is 0 Å². The highest BCUT2D eigenvalue weighted by atomic mass is 16.2. The van der Waals surface area contributed by atoms with Crippen LogP contribution in [0.1, 0.15) is 53.6 Å². The van der Waals surface area contributed by atoms with Gasteiger partial charge in [-0.05, 0) is 61.1 Å². The average molecular weight is 343 g/mol. The molecule has 0 spiro atoms. The second-order valence-corrected chi connectivity index (χ2v) is 7.54. The molecule has 2 heteroatoms. The Morgan fingerprint density at radius 3 is 2.19 bits per heavy atom. The maximum Gasteiger partial charge on any atom is 0.253 e. The first-order valence-corrected chi connectivity index (χ1v) is 9.76. The molecular formula is C24H25NO. The van der Waals surface area contributed by atoms with Gasteiger partial charge in [0.25, 0.3) is 5.91 Å². The van der Waals surface area contributed by atoms with Gasteiger partial charge in [0, 0.05) is 29.8 Å². The average Bonchev–Trinajstić information content (AvgIpc) is 2.72. The minimum atomic E-state index is 0.177. The molecule has 2 nitrogen and oxygen atoms in total. The molecule has 1 heterocycles. The maximum absolute atomic E-state index is 12.9. The van der Waals surface area contributed by atoms with Crippen molar-refractivity contribution in [1.29, 1.82) is 0 Å². The molecular weight excluding hydrogens is 318 g/mol. The highest BCUT2D eigenvalue weighted by molar-refractivity contribution is 5.94. The molecule has 26 heavy (non-hydrogen) atoms. The second kappa shape index (κ2) is 7.79. The molecule has 0 radical (unpaired) electrons. The minimum Gasteiger partial charge on any atom is -0.338 e. The van der Waals surface area contributed by atoms with Crippen LogP contribution >= 0.6 is 0 Å². The van der Waals surface area contributed by atoms with Crippen LogP contribution in [0, 0.1) is 23.7 Å². The third-order valence-electron chi connectivity index (χ3n) is 5.84. The van der Waals surface area contributed by atoms with Crippen LogP contribution in [0.2, 0.25) is 0 Å². The molecule has 2 aromatic rings. The zero-order valence-corrected chi connectivity index (χ0v) is 15.2. The number of rotatable bonds is 1. The third kappa shape index (κ3) is 3.83. The molecule has 1 saturated carbocycles. The van der Waals surface area contributed by atoms with Crippen molar-refractivity contribution in [3.8, 4) is 11.8 Å². The van der Waals surface area contributed by atoms with Crippen LogP contribution in [0.5, 0.6) is 0 Å². The first-order chi connectivity index (χ1) is 12.8. The van der Waals surface area contributed by atoms with Crippen LogP contribution < -0.4 is 0 Å². The van der Waals surface area contributed by atoms with E-state index in [0.29, 0.717) is 0 Å². The normalized spacial score (nSPS) is 22.1. The fraction of sp³-hybridized carbons (Fsp3) is 0.375. The predicted octanol–water partition coefficient (Wildman–Crippen LogP) is 4.74. The van der Waals surface area contributed by atoms with Gasteiger partial charge in [0.15, 0.2) is 0 Å². The van der Waals surface area contributed by atoms with Crippen molar-refractivity contribution in [2.75, 3.05) is 13.1 Å². The van der Waals surface area contributed by atoms with Crippen molar-refractivity contribution in [1.82, 2.24) is 4.90 Å². The summed E-state index contributed by atoms with van der Waals surface area (Å²) in [7, 11) is 0. The summed E-state index contributed by atoms with van der Waals surface area (Å²) in [5, 5.41) is 0. The van der Waals surface area contributed by atoms with Crippen molar-refractivity contribution < 1.29 is 4.79 Å². The summed E-state index contributed by atoms with van der Waals surface area (Å²) in [5.74, 6) is 8.08. The number of benzene rings is 2. The van der Waals surface area contributed by atoms with Crippen molar-refractivity contribution in [3.05, 3.63) is 71.3 Å². The van der Waals surface area contributed by atoms with Gasteiger partial charge in [-0.15, -0.1) is 0 Å². The Balaban J connectivity index is 1.42. The first-order valence-electron chi connectivity index (χ1n) is 9.76. The Morgan fingerprint density at radius 2 is 1.46 bits per heavy atom. The number of likely N-dealkylation sites (tertiary alicyclic amines) is 1. The summed E-state index contributed by atoms with van der Waals surface area (Å²) < 4.78 is 0. The van der Waals surface area contributed by atoms with E-state index in [9.17, 15) is 4.79 Å². The van der Waals surface area contributed by atoms with E-state index in [0.717, 1.165) is 41.6 Å². The van der Waals surface area contributed by atoms with Crippen LogP contribution in [0.15, 0.2) is 54.6 Å². The Bertz CT molecular complexity index is 813. The number of hydrogen-bond acceptors (Lipinski definition) is 1. The van der Waals surface area contributed by atoms with Crippen molar-refractivity contribution in [2.45, 2.75) is 32.1 Å². The number of nitrogens with zero attached hydrogens (tertiary/aromatic N) is 1. The Morgan fingerprint density at radius 1 is 0.808 bits per heavy atom. The van der Waals surface area contributed by atoms with E-state index in [2.05, 4.69) is 16.7 Å². The zero-order chi connectivity index (χ0) is 17.8. The Kier molecular flexibility index (Phi) is 5.07. The Hall–Kier alpha value is -2.53. The molecule has 2 aromatic carbocycles. The third-order valence-corrected chi connectivity index (χ3v) is 5.84. The summed E-state index contributed by atoms with van der Waals surface area (Å²) >= 11 is 0. The van der Waals surface area contributed by atoms with E-state index >= 15 is 0 Å². The van der Waals surface area contributed by atoms with Gasteiger partial charge in [0.05, 0.1) is 0 Å². The minimum absolute atomic E-state index is 0.177. The van der Waals surface area contributed by atoms with Crippen LogP contribution in [0.25, 0.3) is 0 Å². The van der Waals surface area contributed by atoms with Crippen LogP contribution in [0.3, 0.4) is 0 Å². The lowest BCUT2D eigenvalue weighted by atomic mass is 9.75. The lowest BCUT2D eigenvalue weighted by Crippen LogP contribution is -2.44. The van der Waals surface area contributed by atoms with Gasteiger partial charge in [-0.2, -0.15) is 0 Å². The second-order valence-electron chi connectivity index (χ2n) is 7.54. The quantitative estimate of drug-likeness (QED) is 0.685. The number of piperidine rings is 1. The number of fused-ring (bicyclic) bond motifs is 1.